The molecule has 1 aromatic heterocycles. The van der Waals surface area contributed by atoms with E-state index in [1.54, 1.807) is 24.3 Å². The minimum absolute atomic E-state index is 0.148. The van der Waals surface area contributed by atoms with Crippen LogP contribution in [0.1, 0.15) is 29.8 Å². The van der Waals surface area contributed by atoms with Crippen LogP contribution in [0.4, 0.5) is 4.39 Å². The molecule has 0 bridgehead atoms. The van der Waals surface area contributed by atoms with Crippen molar-refractivity contribution in [1.29, 1.82) is 0 Å². The molecule has 5 heteroatoms. The first-order valence-corrected chi connectivity index (χ1v) is 10.5. The van der Waals surface area contributed by atoms with E-state index in [9.17, 15) is 9.90 Å². The van der Waals surface area contributed by atoms with Gasteiger partial charge in [0.15, 0.2) is 0 Å². The maximum absolute atomic E-state index is 15.0. The van der Waals surface area contributed by atoms with Crippen molar-refractivity contribution in [1.82, 2.24) is 4.98 Å². The lowest BCUT2D eigenvalue weighted by molar-refractivity contribution is 0.0699. The zero-order valence-corrected chi connectivity index (χ0v) is 18.2. The second-order valence-electron chi connectivity index (χ2n) is 8.30. The molecule has 0 unspecified atom stereocenters. The SMILES string of the molecule is Cc1ccc2nc(-c3ccc(-c4ccc(OCC(C)C)cc4)c(F)c3)cc(C(=O)O)c2c1. The highest BCUT2D eigenvalue weighted by Crippen LogP contribution is 2.31. The largest absolute Gasteiger partial charge is 0.493 e. The van der Waals surface area contributed by atoms with Gasteiger partial charge in [-0.05, 0) is 54.8 Å². The smallest absolute Gasteiger partial charge is 0.336 e. The number of benzene rings is 3. The number of aromatic carboxylic acids is 1. The lowest BCUT2D eigenvalue weighted by atomic mass is 9.99. The Kier molecular flexibility index (Phi) is 5.91. The molecule has 1 heterocycles. The zero-order chi connectivity index (χ0) is 22.8. The summed E-state index contributed by atoms with van der Waals surface area (Å²) in [5.74, 6) is -0.271. The molecule has 0 fully saturated rings. The van der Waals surface area contributed by atoms with Gasteiger partial charge in [-0.3, -0.25) is 0 Å². The van der Waals surface area contributed by atoms with Gasteiger partial charge in [0, 0.05) is 16.5 Å². The van der Waals surface area contributed by atoms with Gasteiger partial charge in [0.25, 0.3) is 0 Å². The predicted octanol–water partition coefficient (Wildman–Crippen LogP) is 6.75. The van der Waals surface area contributed by atoms with Crippen LogP contribution in [0.3, 0.4) is 0 Å². The van der Waals surface area contributed by atoms with Gasteiger partial charge in [-0.1, -0.05) is 49.7 Å². The van der Waals surface area contributed by atoms with Crippen molar-refractivity contribution in [3.63, 3.8) is 0 Å². The Balaban J connectivity index is 1.68. The molecule has 0 saturated heterocycles. The van der Waals surface area contributed by atoms with E-state index in [2.05, 4.69) is 18.8 Å². The van der Waals surface area contributed by atoms with Crippen LogP contribution in [0.25, 0.3) is 33.3 Å². The van der Waals surface area contributed by atoms with Crippen LogP contribution in [-0.4, -0.2) is 22.7 Å². The van der Waals surface area contributed by atoms with E-state index < -0.39 is 11.8 Å². The molecule has 32 heavy (non-hydrogen) atoms. The van der Waals surface area contributed by atoms with E-state index in [4.69, 9.17) is 4.74 Å². The summed E-state index contributed by atoms with van der Waals surface area (Å²) in [5, 5.41) is 10.2. The van der Waals surface area contributed by atoms with Crippen LogP contribution in [-0.2, 0) is 0 Å². The summed E-state index contributed by atoms with van der Waals surface area (Å²) in [6.07, 6.45) is 0. The molecule has 162 valence electrons. The third kappa shape index (κ3) is 4.47. The van der Waals surface area contributed by atoms with Crippen molar-refractivity contribution < 1.29 is 19.0 Å². The minimum atomic E-state index is -1.04. The summed E-state index contributed by atoms with van der Waals surface area (Å²) in [6.45, 7) is 6.68. The average Bonchev–Trinajstić information content (AvgIpc) is 2.77. The number of rotatable bonds is 6. The summed E-state index contributed by atoms with van der Waals surface area (Å²) in [4.78, 5) is 16.4. The fourth-order valence-electron chi connectivity index (χ4n) is 3.57. The average molecular weight is 429 g/mol. The number of aromatic nitrogens is 1. The lowest BCUT2D eigenvalue weighted by Gasteiger charge is -2.11. The molecule has 0 radical (unpaired) electrons. The monoisotopic (exact) mass is 429 g/mol. The standard InChI is InChI=1S/C27H24FNO3/c1-16(2)15-32-20-8-5-18(6-9-20)21-10-7-19(13-24(21)28)26-14-23(27(30)31)22-12-17(3)4-11-25(22)29-26/h4-14,16H,15H2,1-3H3,(H,30,31). The number of pyridine rings is 1. The van der Waals surface area contributed by atoms with Gasteiger partial charge in [0.05, 0.1) is 23.4 Å². The summed E-state index contributed by atoms with van der Waals surface area (Å²) in [5.41, 5.74) is 3.79. The molecule has 0 aliphatic heterocycles. The fraction of sp³-hybridized carbons (Fsp3) is 0.185. The van der Waals surface area contributed by atoms with Crippen LogP contribution in [0.2, 0.25) is 0 Å². The molecule has 0 spiro atoms. The highest BCUT2D eigenvalue weighted by Gasteiger charge is 2.15. The van der Waals surface area contributed by atoms with Crippen LogP contribution >= 0.6 is 0 Å². The van der Waals surface area contributed by atoms with Gasteiger partial charge in [0.2, 0.25) is 0 Å². The first kappa shape index (κ1) is 21.5. The Hall–Kier alpha value is -3.73. The molecule has 0 amide bonds. The molecule has 0 aliphatic carbocycles. The number of carbonyl (C=O) groups is 1. The third-order valence-corrected chi connectivity index (χ3v) is 5.21. The number of aryl methyl sites for hydroxylation is 1. The van der Waals surface area contributed by atoms with Gasteiger partial charge < -0.3 is 9.84 Å². The third-order valence-electron chi connectivity index (χ3n) is 5.21. The first-order valence-electron chi connectivity index (χ1n) is 10.5. The van der Waals surface area contributed by atoms with E-state index in [0.29, 0.717) is 40.2 Å². The molecule has 0 aliphatic rings. The second-order valence-corrected chi connectivity index (χ2v) is 8.30. The molecule has 4 nitrogen and oxygen atoms in total. The Morgan fingerprint density at radius 3 is 2.38 bits per heavy atom. The molecular weight excluding hydrogens is 405 g/mol. The van der Waals surface area contributed by atoms with Crippen LogP contribution < -0.4 is 4.74 Å². The number of hydrogen-bond donors (Lipinski definition) is 1. The van der Waals surface area contributed by atoms with E-state index in [1.165, 1.54) is 12.1 Å². The molecule has 4 aromatic rings. The number of hydrogen-bond acceptors (Lipinski definition) is 3. The number of nitrogens with zero attached hydrogens (tertiary/aromatic N) is 1. The van der Waals surface area contributed by atoms with E-state index in [0.717, 1.165) is 16.9 Å². The quantitative estimate of drug-likeness (QED) is 0.368. The number of ether oxygens (including phenoxy) is 1. The van der Waals surface area contributed by atoms with Crippen LogP contribution in [0, 0.1) is 18.7 Å². The van der Waals surface area contributed by atoms with Gasteiger partial charge >= 0.3 is 5.97 Å². The summed E-state index contributed by atoms with van der Waals surface area (Å²) >= 11 is 0. The van der Waals surface area contributed by atoms with Crippen molar-refractivity contribution >= 4 is 16.9 Å². The highest BCUT2D eigenvalue weighted by atomic mass is 19.1. The molecule has 3 aromatic carbocycles. The Morgan fingerprint density at radius 2 is 1.72 bits per heavy atom. The van der Waals surface area contributed by atoms with Gasteiger partial charge in [0.1, 0.15) is 11.6 Å². The number of fused-ring (bicyclic) bond motifs is 1. The molecule has 0 saturated carbocycles. The normalized spacial score (nSPS) is 11.2. The van der Waals surface area contributed by atoms with Crippen molar-refractivity contribution in [3.8, 4) is 28.1 Å². The van der Waals surface area contributed by atoms with Crippen molar-refractivity contribution in [2.75, 3.05) is 6.61 Å². The first-order chi connectivity index (χ1) is 15.3. The summed E-state index contributed by atoms with van der Waals surface area (Å²) < 4.78 is 20.7. The lowest BCUT2D eigenvalue weighted by Crippen LogP contribution is -2.04. The number of halogens is 1. The molecule has 1 N–H and O–H groups in total. The van der Waals surface area contributed by atoms with Crippen molar-refractivity contribution in [3.05, 3.63) is 83.7 Å². The maximum Gasteiger partial charge on any atom is 0.336 e. The topological polar surface area (TPSA) is 59.4 Å². The number of carboxylic acid groups (broad SMARTS) is 1. The Labute approximate surface area is 186 Å². The number of carboxylic acids is 1. The summed E-state index contributed by atoms with van der Waals surface area (Å²) in [6, 6.07) is 19.1. The zero-order valence-electron chi connectivity index (χ0n) is 18.2. The fourth-order valence-corrected chi connectivity index (χ4v) is 3.57. The van der Waals surface area contributed by atoms with E-state index in [-0.39, 0.29) is 5.56 Å². The second kappa shape index (κ2) is 8.79. The summed E-state index contributed by atoms with van der Waals surface area (Å²) in [7, 11) is 0. The highest BCUT2D eigenvalue weighted by molar-refractivity contribution is 6.04. The van der Waals surface area contributed by atoms with Gasteiger partial charge in [-0.25, -0.2) is 14.2 Å². The molecular formula is C27H24FNO3. The van der Waals surface area contributed by atoms with Crippen molar-refractivity contribution in [2.45, 2.75) is 20.8 Å². The minimum Gasteiger partial charge on any atom is -0.493 e. The van der Waals surface area contributed by atoms with E-state index >= 15 is 4.39 Å². The molecule has 4 rings (SSSR count). The Morgan fingerprint density at radius 1 is 1.00 bits per heavy atom. The van der Waals surface area contributed by atoms with Crippen molar-refractivity contribution in [2.24, 2.45) is 5.92 Å². The maximum atomic E-state index is 15.0. The Bertz CT molecular complexity index is 1300. The van der Waals surface area contributed by atoms with Gasteiger partial charge in [-0.2, -0.15) is 0 Å². The predicted molar refractivity (Wildman–Crippen MR) is 125 cm³/mol. The van der Waals surface area contributed by atoms with E-state index in [1.807, 2.05) is 37.3 Å². The molecule has 0 atom stereocenters. The van der Waals surface area contributed by atoms with Gasteiger partial charge in [-0.15, -0.1) is 0 Å². The van der Waals surface area contributed by atoms with Crippen LogP contribution in [0.15, 0.2) is 66.7 Å². The van der Waals surface area contributed by atoms with Crippen LogP contribution in [0.5, 0.6) is 5.75 Å².